The average Bonchev–Trinajstić information content (AvgIpc) is 2.83. The summed E-state index contributed by atoms with van der Waals surface area (Å²) in [4.78, 5) is 48.2. The van der Waals surface area contributed by atoms with E-state index in [1.54, 1.807) is 24.1 Å². The number of aromatic amines is 1. The van der Waals surface area contributed by atoms with Crippen molar-refractivity contribution >= 4 is 40.6 Å². The molecule has 0 aliphatic carbocycles. The Labute approximate surface area is 200 Å². The smallest absolute Gasteiger partial charge is 0.326 e. The molecule has 1 fully saturated rings. The molecule has 1 atom stereocenters. The molecule has 0 saturated carbocycles. The van der Waals surface area contributed by atoms with E-state index in [0.29, 0.717) is 48.0 Å². The monoisotopic (exact) mass is 480 g/mol. The molecule has 1 saturated heterocycles. The lowest BCUT2D eigenvalue weighted by atomic mass is 10.1. The van der Waals surface area contributed by atoms with E-state index in [-0.39, 0.29) is 35.8 Å². The second-order valence-corrected chi connectivity index (χ2v) is 8.71. The first-order valence-electron chi connectivity index (χ1n) is 11.1. The number of nitrogens with one attached hydrogen (secondary N) is 2. The lowest BCUT2D eigenvalue weighted by molar-refractivity contribution is -0.132. The van der Waals surface area contributed by atoms with Crippen molar-refractivity contribution in [3.63, 3.8) is 0 Å². The van der Waals surface area contributed by atoms with Gasteiger partial charge in [0.1, 0.15) is 22.6 Å². The molecule has 3 aromatic rings. The lowest BCUT2D eigenvalue weighted by Crippen LogP contribution is -2.59. The number of carbonyl (C=O) groups is 2. The van der Waals surface area contributed by atoms with Crippen LogP contribution in [0.5, 0.6) is 5.88 Å². The van der Waals surface area contributed by atoms with Crippen molar-refractivity contribution < 1.29 is 14.3 Å². The molecular formula is C23H24N6O4S. The van der Waals surface area contributed by atoms with Crippen molar-refractivity contribution in [2.24, 2.45) is 0 Å². The zero-order valence-electron chi connectivity index (χ0n) is 18.8. The SMILES string of the molecule is CCn1c(=O)[nH]c2cc(CN3CC4COc5nc(C(=O)NC)ccc5N4CC3=O)ccc2c1=S. The third kappa shape index (κ3) is 3.71. The van der Waals surface area contributed by atoms with Gasteiger partial charge >= 0.3 is 5.69 Å². The Hall–Kier alpha value is -3.73. The summed E-state index contributed by atoms with van der Waals surface area (Å²) in [5, 5.41) is 3.35. The molecular weight excluding hydrogens is 456 g/mol. The fraction of sp³-hybridized carbons (Fsp3) is 0.348. The summed E-state index contributed by atoms with van der Waals surface area (Å²) in [6, 6.07) is 9.09. The maximum absolute atomic E-state index is 13.0. The first-order valence-corrected chi connectivity index (χ1v) is 11.5. The largest absolute Gasteiger partial charge is 0.474 e. The number of pyridine rings is 1. The molecule has 0 bridgehead atoms. The molecule has 5 rings (SSSR count). The highest BCUT2D eigenvalue weighted by atomic mass is 32.1. The molecule has 1 unspecified atom stereocenters. The number of fused-ring (bicyclic) bond motifs is 4. The first kappa shape index (κ1) is 22.1. The van der Waals surface area contributed by atoms with Crippen LogP contribution in [0.2, 0.25) is 0 Å². The van der Waals surface area contributed by atoms with Gasteiger partial charge in [-0.2, -0.15) is 0 Å². The van der Waals surface area contributed by atoms with E-state index in [0.717, 1.165) is 10.9 Å². The summed E-state index contributed by atoms with van der Waals surface area (Å²) in [6.07, 6.45) is 0. The van der Waals surface area contributed by atoms with Gasteiger partial charge in [-0.15, -0.1) is 0 Å². The Morgan fingerprint density at radius 1 is 1.29 bits per heavy atom. The Morgan fingerprint density at radius 3 is 2.88 bits per heavy atom. The van der Waals surface area contributed by atoms with Crippen LogP contribution in [0.4, 0.5) is 5.69 Å². The summed E-state index contributed by atoms with van der Waals surface area (Å²) < 4.78 is 7.87. The van der Waals surface area contributed by atoms with Gasteiger partial charge in [0.2, 0.25) is 11.8 Å². The van der Waals surface area contributed by atoms with E-state index in [2.05, 4.69) is 15.3 Å². The number of nitrogens with zero attached hydrogens (tertiary/aromatic N) is 4. The molecule has 10 nitrogen and oxygen atoms in total. The zero-order chi connectivity index (χ0) is 24.0. The number of aromatic nitrogens is 3. The van der Waals surface area contributed by atoms with Gasteiger partial charge in [-0.1, -0.05) is 18.3 Å². The van der Waals surface area contributed by atoms with Crippen LogP contribution in [-0.2, 0) is 17.9 Å². The predicted molar refractivity (Wildman–Crippen MR) is 129 cm³/mol. The third-order valence-electron chi connectivity index (χ3n) is 6.29. The minimum Gasteiger partial charge on any atom is -0.474 e. The number of benzene rings is 1. The molecule has 2 aliphatic heterocycles. The average molecular weight is 481 g/mol. The predicted octanol–water partition coefficient (Wildman–Crippen LogP) is 1.44. The molecule has 2 aliphatic rings. The molecule has 4 heterocycles. The topological polar surface area (TPSA) is 113 Å². The van der Waals surface area contributed by atoms with E-state index < -0.39 is 0 Å². The van der Waals surface area contributed by atoms with Gasteiger partial charge in [-0.25, -0.2) is 9.78 Å². The van der Waals surface area contributed by atoms with Crippen LogP contribution in [0.1, 0.15) is 23.0 Å². The maximum Gasteiger partial charge on any atom is 0.326 e. The highest BCUT2D eigenvalue weighted by Crippen LogP contribution is 2.34. The van der Waals surface area contributed by atoms with Gasteiger partial charge in [-0.3, -0.25) is 14.2 Å². The van der Waals surface area contributed by atoms with E-state index in [4.69, 9.17) is 17.0 Å². The zero-order valence-corrected chi connectivity index (χ0v) is 19.6. The molecule has 0 spiro atoms. The fourth-order valence-corrected chi connectivity index (χ4v) is 4.89. The highest BCUT2D eigenvalue weighted by Gasteiger charge is 2.37. The van der Waals surface area contributed by atoms with Crippen molar-refractivity contribution in [3.05, 3.63) is 56.7 Å². The van der Waals surface area contributed by atoms with Gasteiger partial charge in [0.05, 0.1) is 18.1 Å². The number of hydrogen-bond donors (Lipinski definition) is 2. The van der Waals surface area contributed by atoms with Crippen LogP contribution in [0, 0.1) is 4.64 Å². The Kier molecular flexibility index (Phi) is 5.56. The third-order valence-corrected chi connectivity index (χ3v) is 6.73. The number of anilines is 1. The van der Waals surface area contributed by atoms with Crippen LogP contribution < -0.4 is 20.6 Å². The first-order chi connectivity index (χ1) is 16.4. The van der Waals surface area contributed by atoms with Crippen LogP contribution in [0.25, 0.3) is 10.9 Å². The summed E-state index contributed by atoms with van der Waals surface area (Å²) in [5.74, 6) is 0.0499. The summed E-state index contributed by atoms with van der Waals surface area (Å²) in [7, 11) is 1.54. The molecule has 2 aromatic heterocycles. The van der Waals surface area contributed by atoms with Crippen LogP contribution in [-0.4, -0.2) is 64.0 Å². The highest BCUT2D eigenvalue weighted by molar-refractivity contribution is 7.71. The van der Waals surface area contributed by atoms with Crippen molar-refractivity contribution in [2.75, 3.05) is 31.6 Å². The molecule has 0 radical (unpaired) electrons. The number of ether oxygens (including phenoxy) is 1. The molecule has 1 aromatic carbocycles. The van der Waals surface area contributed by atoms with Crippen LogP contribution in [0.3, 0.4) is 0 Å². The minimum atomic E-state index is -0.293. The van der Waals surface area contributed by atoms with E-state index in [1.165, 1.54) is 4.57 Å². The Balaban J connectivity index is 1.37. The minimum absolute atomic E-state index is 0.0195. The molecule has 2 amide bonds. The van der Waals surface area contributed by atoms with Gasteiger partial charge < -0.3 is 24.8 Å². The Bertz CT molecular complexity index is 1430. The van der Waals surface area contributed by atoms with Gasteiger partial charge in [0.15, 0.2) is 0 Å². The fourth-order valence-electron chi connectivity index (χ4n) is 4.50. The van der Waals surface area contributed by atoms with Crippen molar-refractivity contribution in [3.8, 4) is 5.88 Å². The number of carbonyl (C=O) groups excluding carboxylic acids is 2. The van der Waals surface area contributed by atoms with Crippen molar-refractivity contribution in [2.45, 2.75) is 26.1 Å². The lowest BCUT2D eigenvalue weighted by Gasteiger charge is -2.44. The molecule has 2 N–H and O–H groups in total. The van der Waals surface area contributed by atoms with Gasteiger partial charge in [0, 0.05) is 32.1 Å². The van der Waals surface area contributed by atoms with Gasteiger partial charge in [0.25, 0.3) is 5.91 Å². The molecule has 34 heavy (non-hydrogen) atoms. The standard InChI is InChI=1S/C23H24N6O4S/c1-3-28-22(34)15-5-4-13(8-17(15)26-23(28)32)9-27-10-14-12-33-21-18(29(14)11-19(27)30)7-6-16(25-21)20(31)24-2/h4-8,14H,3,9-12H2,1-2H3,(H,24,31)(H,26,32). The number of piperazine rings is 1. The van der Waals surface area contributed by atoms with Crippen molar-refractivity contribution in [1.29, 1.82) is 0 Å². The number of hydrogen-bond acceptors (Lipinski definition) is 7. The number of amides is 2. The summed E-state index contributed by atoms with van der Waals surface area (Å²) >= 11 is 5.46. The summed E-state index contributed by atoms with van der Waals surface area (Å²) in [5.41, 5.74) is 2.31. The summed E-state index contributed by atoms with van der Waals surface area (Å²) in [6.45, 7) is 3.83. The van der Waals surface area contributed by atoms with Crippen LogP contribution >= 0.6 is 12.2 Å². The normalized spacial score (nSPS) is 17.2. The second kappa shape index (κ2) is 8.56. The quantitative estimate of drug-likeness (QED) is 0.544. The van der Waals surface area contributed by atoms with Gasteiger partial charge in [-0.05, 0) is 36.8 Å². The Morgan fingerprint density at radius 2 is 2.12 bits per heavy atom. The van der Waals surface area contributed by atoms with E-state index in [1.807, 2.05) is 30.0 Å². The molecule has 176 valence electrons. The van der Waals surface area contributed by atoms with E-state index >= 15 is 0 Å². The number of rotatable bonds is 4. The number of H-pyrrole nitrogens is 1. The van der Waals surface area contributed by atoms with Crippen LogP contribution in [0.15, 0.2) is 35.1 Å². The second-order valence-electron chi connectivity index (χ2n) is 8.33. The van der Waals surface area contributed by atoms with Crippen molar-refractivity contribution in [1.82, 2.24) is 24.8 Å². The maximum atomic E-state index is 13.0. The van der Waals surface area contributed by atoms with E-state index in [9.17, 15) is 14.4 Å². The molecule has 11 heteroatoms.